The summed E-state index contributed by atoms with van der Waals surface area (Å²) >= 11 is 1.56. The molecule has 0 radical (unpaired) electrons. The van der Waals surface area contributed by atoms with Crippen LogP contribution in [0.4, 0.5) is 16.3 Å². The number of aromatic nitrogens is 4. The van der Waals surface area contributed by atoms with Crippen LogP contribution in [-0.4, -0.2) is 43.6 Å². The average molecular weight is 439 g/mol. The van der Waals surface area contributed by atoms with Crippen molar-refractivity contribution >= 4 is 50.1 Å². The third-order valence-corrected chi connectivity index (χ3v) is 6.39. The molecule has 1 aromatic carbocycles. The van der Waals surface area contributed by atoms with Crippen molar-refractivity contribution in [2.24, 2.45) is 0 Å². The Kier molecular flexibility index (Phi) is 4.85. The maximum atomic E-state index is 10.9. The minimum absolute atomic E-state index is 0.00594. The van der Waals surface area contributed by atoms with Gasteiger partial charge in [0, 0.05) is 22.8 Å². The van der Waals surface area contributed by atoms with Crippen LogP contribution in [0.1, 0.15) is 30.7 Å². The molecule has 0 saturated heterocycles. The van der Waals surface area contributed by atoms with Crippen LogP contribution in [0.15, 0.2) is 24.7 Å². The first kappa shape index (κ1) is 19.6. The smallest absolute Gasteiger partial charge is 0.489 e. The van der Waals surface area contributed by atoms with Gasteiger partial charge in [0.05, 0.1) is 28.9 Å². The zero-order valence-electron chi connectivity index (χ0n) is 17.0. The molecule has 3 N–H and O–H groups in total. The molecule has 0 saturated carbocycles. The summed E-state index contributed by atoms with van der Waals surface area (Å²) in [5.74, 6) is 1.41. The molecule has 3 heterocycles. The first-order valence-electron chi connectivity index (χ1n) is 10.0. The van der Waals surface area contributed by atoms with Crippen molar-refractivity contribution in [3.05, 3.63) is 35.1 Å². The van der Waals surface area contributed by atoms with E-state index >= 15 is 0 Å². The maximum absolute atomic E-state index is 10.9. The molecule has 0 bridgehead atoms. The number of aromatic amines is 1. The van der Waals surface area contributed by atoms with Crippen molar-refractivity contribution in [3.8, 4) is 5.75 Å². The number of aryl methyl sites for hydroxylation is 1. The fourth-order valence-corrected chi connectivity index (χ4v) is 5.22. The number of carboxylic acid groups (broad SMARTS) is 1. The van der Waals surface area contributed by atoms with E-state index < -0.39 is 6.16 Å². The van der Waals surface area contributed by atoms with Gasteiger partial charge < -0.3 is 19.9 Å². The van der Waals surface area contributed by atoms with Crippen LogP contribution in [0, 0.1) is 0 Å². The number of benzene rings is 1. The molecule has 5 rings (SSSR count). The number of hydrogen-bond donors (Lipinski definition) is 3. The SMILES string of the molecule is CC(C)Oc1cc2[nH]ncc2cc1Nc1ncnc2sc3c(c12)CCC(OC(=O)O)C3. The van der Waals surface area contributed by atoms with Gasteiger partial charge in [-0.3, -0.25) is 5.10 Å². The van der Waals surface area contributed by atoms with E-state index in [0.29, 0.717) is 30.8 Å². The summed E-state index contributed by atoms with van der Waals surface area (Å²) in [6.07, 6.45) is 3.67. The number of ether oxygens (including phenoxy) is 2. The largest absolute Gasteiger partial charge is 0.506 e. The van der Waals surface area contributed by atoms with Gasteiger partial charge in [-0.15, -0.1) is 11.3 Å². The van der Waals surface area contributed by atoms with Crippen molar-refractivity contribution in [1.82, 2.24) is 20.2 Å². The van der Waals surface area contributed by atoms with Crippen LogP contribution in [0.5, 0.6) is 5.75 Å². The lowest BCUT2D eigenvalue weighted by molar-refractivity contribution is 0.0467. The van der Waals surface area contributed by atoms with Crippen molar-refractivity contribution in [1.29, 1.82) is 0 Å². The average Bonchev–Trinajstić information content (AvgIpc) is 3.31. The van der Waals surface area contributed by atoms with E-state index in [0.717, 1.165) is 37.2 Å². The van der Waals surface area contributed by atoms with Crippen molar-refractivity contribution in [2.75, 3.05) is 5.32 Å². The van der Waals surface area contributed by atoms with E-state index in [1.807, 2.05) is 26.0 Å². The topological polar surface area (TPSA) is 122 Å². The van der Waals surface area contributed by atoms with E-state index in [1.165, 1.54) is 6.33 Å². The highest BCUT2D eigenvalue weighted by Gasteiger charge is 2.27. The zero-order valence-corrected chi connectivity index (χ0v) is 17.8. The summed E-state index contributed by atoms with van der Waals surface area (Å²) in [6.45, 7) is 3.96. The summed E-state index contributed by atoms with van der Waals surface area (Å²) in [6, 6.07) is 3.92. The second-order valence-corrected chi connectivity index (χ2v) is 8.84. The van der Waals surface area contributed by atoms with Gasteiger partial charge in [0.1, 0.15) is 28.8 Å². The van der Waals surface area contributed by atoms with Gasteiger partial charge in [0.2, 0.25) is 0 Å². The molecule has 10 heteroatoms. The predicted molar refractivity (Wildman–Crippen MR) is 117 cm³/mol. The van der Waals surface area contributed by atoms with Gasteiger partial charge >= 0.3 is 6.16 Å². The van der Waals surface area contributed by atoms with Gasteiger partial charge in [-0.1, -0.05) is 0 Å². The van der Waals surface area contributed by atoms with Crippen molar-refractivity contribution in [2.45, 2.75) is 45.3 Å². The normalized spacial score (nSPS) is 15.9. The number of rotatable bonds is 5. The summed E-state index contributed by atoms with van der Waals surface area (Å²) in [5, 5.41) is 21.4. The number of thiophene rings is 1. The van der Waals surface area contributed by atoms with Crippen LogP contribution in [-0.2, 0) is 17.6 Å². The van der Waals surface area contributed by atoms with E-state index in [4.69, 9.17) is 14.6 Å². The summed E-state index contributed by atoms with van der Waals surface area (Å²) in [4.78, 5) is 21.9. The second-order valence-electron chi connectivity index (χ2n) is 7.75. The van der Waals surface area contributed by atoms with Gasteiger partial charge in [0.25, 0.3) is 0 Å². The Bertz CT molecular complexity index is 1280. The van der Waals surface area contributed by atoms with E-state index in [-0.39, 0.29) is 12.2 Å². The minimum atomic E-state index is -1.23. The third kappa shape index (κ3) is 3.74. The number of hydrogen-bond acceptors (Lipinski definition) is 8. The molecule has 160 valence electrons. The third-order valence-electron chi connectivity index (χ3n) is 5.22. The number of anilines is 2. The number of nitrogens with one attached hydrogen (secondary N) is 2. The second kappa shape index (κ2) is 7.69. The molecule has 0 fully saturated rings. The fourth-order valence-electron chi connectivity index (χ4n) is 3.97. The highest BCUT2D eigenvalue weighted by molar-refractivity contribution is 7.19. The quantitative estimate of drug-likeness (QED) is 0.384. The number of carbonyl (C=O) groups is 1. The molecule has 0 amide bonds. The molecule has 4 aromatic rings. The molecule has 1 atom stereocenters. The Morgan fingerprint density at radius 1 is 1.35 bits per heavy atom. The van der Waals surface area contributed by atoms with E-state index in [1.54, 1.807) is 17.5 Å². The maximum Gasteiger partial charge on any atom is 0.506 e. The molecule has 0 spiro atoms. The fraction of sp³-hybridized carbons (Fsp3) is 0.333. The van der Waals surface area contributed by atoms with Gasteiger partial charge in [-0.25, -0.2) is 14.8 Å². The number of nitrogens with zero attached hydrogens (tertiary/aromatic N) is 3. The van der Waals surface area contributed by atoms with Crippen LogP contribution in [0.2, 0.25) is 0 Å². The summed E-state index contributed by atoms with van der Waals surface area (Å²) in [7, 11) is 0. The number of fused-ring (bicyclic) bond motifs is 4. The van der Waals surface area contributed by atoms with Crippen LogP contribution < -0.4 is 10.1 Å². The van der Waals surface area contributed by atoms with Crippen LogP contribution in [0.3, 0.4) is 0 Å². The van der Waals surface area contributed by atoms with Crippen LogP contribution in [0.25, 0.3) is 21.1 Å². The standard InChI is InChI=1S/C21H21N5O4S/c1-10(2)29-16-7-14-11(8-24-26-14)5-15(16)25-19-18-13-4-3-12(30-21(27)28)6-17(13)31-20(18)23-9-22-19/h5,7-10,12H,3-4,6H2,1-2H3,(H,24,26)(H,27,28)(H,22,23,25). The minimum Gasteiger partial charge on any atom is -0.489 e. The Morgan fingerprint density at radius 2 is 2.23 bits per heavy atom. The first-order chi connectivity index (χ1) is 15.0. The molecular weight excluding hydrogens is 418 g/mol. The summed E-state index contributed by atoms with van der Waals surface area (Å²) < 4.78 is 11.0. The van der Waals surface area contributed by atoms with E-state index in [9.17, 15) is 4.79 Å². The lowest BCUT2D eigenvalue weighted by Gasteiger charge is -2.21. The molecule has 31 heavy (non-hydrogen) atoms. The van der Waals surface area contributed by atoms with E-state index in [2.05, 4.69) is 25.5 Å². The molecule has 1 aliphatic rings. The Balaban J connectivity index is 1.55. The van der Waals surface area contributed by atoms with Gasteiger partial charge in [0.15, 0.2) is 0 Å². The highest BCUT2D eigenvalue weighted by atomic mass is 32.1. The molecule has 3 aromatic heterocycles. The molecular formula is C21H21N5O4S. The molecule has 0 aliphatic heterocycles. The Morgan fingerprint density at radius 3 is 3.03 bits per heavy atom. The predicted octanol–water partition coefficient (Wildman–Crippen LogP) is 4.65. The molecule has 1 aliphatic carbocycles. The zero-order chi connectivity index (χ0) is 21.5. The molecule has 1 unspecified atom stereocenters. The lowest BCUT2D eigenvalue weighted by Crippen LogP contribution is -2.23. The Labute approximate surface area is 181 Å². The van der Waals surface area contributed by atoms with Gasteiger partial charge in [-0.2, -0.15) is 5.10 Å². The van der Waals surface area contributed by atoms with Crippen molar-refractivity contribution < 1.29 is 19.4 Å². The summed E-state index contributed by atoms with van der Waals surface area (Å²) in [5.41, 5.74) is 2.85. The number of H-pyrrole nitrogens is 1. The van der Waals surface area contributed by atoms with Crippen LogP contribution >= 0.6 is 11.3 Å². The Hall–Kier alpha value is -3.40. The monoisotopic (exact) mass is 439 g/mol. The molecule has 9 nitrogen and oxygen atoms in total. The van der Waals surface area contributed by atoms with Crippen molar-refractivity contribution in [3.63, 3.8) is 0 Å². The first-order valence-corrected chi connectivity index (χ1v) is 10.8. The lowest BCUT2D eigenvalue weighted by atomic mass is 9.94. The van der Waals surface area contributed by atoms with Gasteiger partial charge in [-0.05, 0) is 38.3 Å². The highest BCUT2D eigenvalue weighted by Crippen LogP contribution is 2.41.